The zero-order valence-corrected chi connectivity index (χ0v) is 53.5. The van der Waals surface area contributed by atoms with Crippen LogP contribution in [0.2, 0.25) is 0 Å². The van der Waals surface area contributed by atoms with E-state index < -0.39 is 0 Å². The Bertz CT molecular complexity index is 4040. The first kappa shape index (κ1) is 63.1. The molecule has 7 aromatic heterocycles. The fraction of sp³-hybridized carbons (Fsp3) is 0.227. The summed E-state index contributed by atoms with van der Waals surface area (Å²) in [5.74, 6) is 0.847. The second-order valence-electron chi connectivity index (χ2n) is 22.3. The third-order valence-corrected chi connectivity index (χ3v) is 15.4. The summed E-state index contributed by atoms with van der Waals surface area (Å²) in [7, 11) is 0. The second-order valence-corrected chi connectivity index (χ2v) is 22.3. The van der Waals surface area contributed by atoms with Crippen molar-refractivity contribution in [1.29, 1.82) is 0 Å². The minimum atomic E-state index is 0.847. The lowest BCUT2D eigenvalue weighted by Crippen LogP contribution is -1.94. The smallest absolute Gasteiger partial charge is 0.126 e. The predicted molar refractivity (Wildman–Crippen MR) is 362 cm³/mol. The molecule has 0 N–H and O–H groups in total. The quantitative estimate of drug-likeness (QED) is 0.142. The molecule has 0 unspecified atom stereocenters. The minimum absolute atomic E-state index is 0.847. The first-order chi connectivity index (χ1) is 41.7. The molecule has 7 heterocycles. The first-order valence-corrected chi connectivity index (χ1v) is 29.3. The molecule has 0 atom stereocenters. The molecular formula is C75H78N12. The molecule has 0 amide bonds. The Morgan fingerprint density at radius 1 is 0.230 bits per heavy atom. The number of aryl methyl sites for hydroxylation is 17. The van der Waals surface area contributed by atoms with Gasteiger partial charge >= 0.3 is 0 Å². The summed E-state index contributed by atoms with van der Waals surface area (Å²) in [4.78, 5) is 21.9. The standard InChI is InChI=1S/2C12H13N.C11H12N2.C11H11N.2C10H10N2.C9H9N3/c1-8-5-4-6-11-10(3)13-9(2)7-12(8)11;1-8-5-4-6-11-9(2)7-10(3)13-12(8)11;1-7-5-4-6-10-8(2)12-9(3)13-11(7)10;1-8-4-3-5-10-9(2)6-12-7-11(8)10;1-7-4-3-5-9-8(2)12-11-6-10(7)9;1-7-4-3-5-9-8(2)6-11-12-10(7)9;1-6-4-3-5-8-7(2)10-12-11-9(6)8/h2*4-7H,1-3H3;4-6H,1-3H3;3-7H,1-2H3;2*3-6H,1-2H3;3-5H,1-2H3. The van der Waals surface area contributed by atoms with E-state index in [2.05, 4.69) is 233 Å². The molecule has 12 nitrogen and oxygen atoms in total. The molecule has 87 heavy (non-hydrogen) atoms. The summed E-state index contributed by atoms with van der Waals surface area (Å²) in [6.07, 6.45) is 7.44. The summed E-state index contributed by atoms with van der Waals surface area (Å²) in [5.41, 5.74) is 22.9. The largest absolute Gasteiger partial charge is 0.264 e. The second kappa shape index (κ2) is 28.8. The lowest BCUT2D eigenvalue weighted by Gasteiger charge is -2.05. The molecule has 0 radical (unpaired) electrons. The maximum absolute atomic E-state index is 4.54. The van der Waals surface area contributed by atoms with Crippen LogP contribution in [0.1, 0.15) is 95.6 Å². The Kier molecular flexibility index (Phi) is 20.9. The van der Waals surface area contributed by atoms with E-state index in [9.17, 15) is 0 Å². The van der Waals surface area contributed by atoms with E-state index in [0.717, 1.165) is 78.4 Å². The average Bonchev–Trinajstić information content (AvgIpc) is 2.83. The summed E-state index contributed by atoms with van der Waals surface area (Å²) in [5, 5.41) is 39.8. The third-order valence-electron chi connectivity index (χ3n) is 15.4. The molecule has 0 saturated heterocycles. The zero-order valence-electron chi connectivity index (χ0n) is 53.5. The number of aromatic nitrogens is 12. The summed E-state index contributed by atoms with van der Waals surface area (Å²) in [6.45, 7) is 34.9. The summed E-state index contributed by atoms with van der Waals surface area (Å²) < 4.78 is 0. The number of fused-ring (bicyclic) bond motifs is 7. The van der Waals surface area contributed by atoms with Crippen LogP contribution in [0.5, 0.6) is 0 Å². The highest BCUT2D eigenvalue weighted by atomic mass is 15.3. The molecule has 438 valence electrons. The Morgan fingerprint density at radius 2 is 0.644 bits per heavy atom. The maximum atomic E-state index is 4.54. The van der Waals surface area contributed by atoms with Crippen molar-refractivity contribution in [3.8, 4) is 0 Å². The van der Waals surface area contributed by atoms with Crippen LogP contribution in [-0.4, -0.2) is 60.7 Å². The molecular weight excluding hydrogens is 1070 g/mol. The van der Waals surface area contributed by atoms with Crippen LogP contribution in [0.3, 0.4) is 0 Å². The molecule has 0 aliphatic carbocycles. The fourth-order valence-corrected chi connectivity index (χ4v) is 10.6. The van der Waals surface area contributed by atoms with Crippen LogP contribution in [0, 0.1) is 118 Å². The fourth-order valence-electron chi connectivity index (χ4n) is 10.6. The summed E-state index contributed by atoms with van der Waals surface area (Å²) >= 11 is 0. The molecule has 0 bridgehead atoms. The lowest BCUT2D eigenvalue weighted by molar-refractivity contribution is 0.868. The Hall–Kier alpha value is -9.94. The van der Waals surface area contributed by atoms with E-state index in [1.165, 1.54) is 93.2 Å². The van der Waals surface area contributed by atoms with Gasteiger partial charge in [0.2, 0.25) is 0 Å². The van der Waals surface area contributed by atoms with E-state index in [4.69, 9.17) is 0 Å². The van der Waals surface area contributed by atoms with Crippen molar-refractivity contribution >= 4 is 75.9 Å². The van der Waals surface area contributed by atoms with Crippen LogP contribution < -0.4 is 0 Å². The lowest BCUT2D eigenvalue weighted by atomic mass is 10.0. The van der Waals surface area contributed by atoms with E-state index >= 15 is 0 Å². The van der Waals surface area contributed by atoms with Gasteiger partial charge in [0.25, 0.3) is 0 Å². The van der Waals surface area contributed by atoms with E-state index in [-0.39, 0.29) is 0 Å². The van der Waals surface area contributed by atoms with Crippen LogP contribution in [-0.2, 0) is 0 Å². The zero-order chi connectivity index (χ0) is 62.5. The van der Waals surface area contributed by atoms with Crippen molar-refractivity contribution in [2.24, 2.45) is 0 Å². The molecule has 14 rings (SSSR count). The Labute approximate surface area is 511 Å². The number of nitrogens with zero attached hydrogens (tertiary/aromatic N) is 12. The molecule has 14 aromatic rings. The van der Waals surface area contributed by atoms with Gasteiger partial charge < -0.3 is 0 Å². The number of rotatable bonds is 0. The van der Waals surface area contributed by atoms with Gasteiger partial charge in [-0.25, -0.2) is 9.97 Å². The third kappa shape index (κ3) is 15.5. The summed E-state index contributed by atoms with van der Waals surface area (Å²) in [6, 6.07) is 47.9. The highest BCUT2D eigenvalue weighted by molar-refractivity contribution is 5.90. The molecule has 0 spiro atoms. The van der Waals surface area contributed by atoms with Gasteiger partial charge in [-0.15, -0.1) is 10.2 Å². The van der Waals surface area contributed by atoms with Crippen molar-refractivity contribution in [2.75, 3.05) is 0 Å². The molecule has 0 aliphatic heterocycles. The van der Waals surface area contributed by atoms with Crippen molar-refractivity contribution in [2.45, 2.75) is 118 Å². The highest BCUT2D eigenvalue weighted by Crippen LogP contribution is 2.25. The van der Waals surface area contributed by atoms with E-state index in [1.54, 1.807) is 6.20 Å². The highest BCUT2D eigenvalue weighted by Gasteiger charge is 2.07. The van der Waals surface area contributed by atoms with Gasteiger partial charge in [-0.3, -0.25) is 15.0 Å². The van der Waals surface area contributed by atoms with Crippen LogP contribution in [0.25, 0.3) is 75.9 Å². The molecule has 0 saturated carbocycles. The van der Waals surface area contributed by atoms with Crippen molar-refractivity contribution in [3.63, 3.8) is 0 Å². The van der Waals surface area contributed by atoms with Gasteiger partial charge in [0.05, 0.1) is 45.8 Å². The average molecular weight is 1150 g/mol. The minimum Gasteiger partial charge on any atom is -0.264 e. The van der Waals surface area contributed by atoms with Crippen molar-refractivity contribution in [3.05, 3.63) is 260 Å². The normalized spacial score (nSPS) is 10.6. The van der Waals surface area contributed by atoms with Gasteiger partial charge in [0.1, 0.15) is 5.82 Å². The van der Waals surface area contributed by atoms with Crippen molar-refractivity contribution in [1.82, 2.24) is 60.7 Å². The predicted octanol–water partition coefficient (Wildman–Crippen LogP) is 17.9. The van der Waals surface area contributed by atoms with E-state index in [0.29, 0.717) is 0 Å². The number of benzene rings is 7. The van der Waals surface area contributed by atoms with Gasteiger partial charge in [0, 0.05) is 78.3 Å². The number of pyridine rings is 3. The Balaban J connectivity index is 0.000000132. The van der Waals surface area contributed by atoms with Gasteiger partial charge in [-0.1, -0.05) is 127 Å². The first-order valence-electron chi connectivity index (χ1n) is 29.3. The van der Waals surface area contributed by atoms with E-state index in [1.807, 2.05) is 103 Å². The molecule has 7 aromatic carbocycles. The Morgan fingerprint density at radius 3 is 1.21 bits per heavy atom. The van der Waals surface area contributed by atoms with Gasteiger partial charge in [-0.05, 0) is 201 Å². The van der Waals surface area contributed by atoms with Crippen LogP contribution >= 0.6 is 0 Å². The molecule has 0 fully saturated rings. The maximum Gasteiger partial charge on any atom is 0.126 e. The SMILES string of the molecule is Cc1cc(C)c2cccc(C)c2n1.Cc1cc2c(C)cccc2c(C)n1.Cc1cccc2c(C)nncc12.Cc1cncc2c(C)cccc12.Cc1cnnc2c(C)cccc12.Cc1nc(C)c2cccc(C)c2n1.Cc1nnnc2c(C)cccc12. The molecule has 0 aliphatic rings. The monoisotopic (exact) mass is 1150 g/mol. The van der Waals surface area contributed by atoms with Crippen LogP contribution in [0.4, 0.5) is 0 Å². The van der Waals surface area contributed by atoms with Gasteiger partial charge in [-0.2, -0.15) is 20.4 Å². The molecule has 12 heteroatoms. The number of hydrogen-bond acceptors (Lipinski definition) is 12. The van der Waals surface area contributed by atoms with Crippen LogP contribution in [0.15, 0.2) is 164 Å². The number of hydrogen-bond donors (Lipinski definition) is 0. The topological polar surface area (TPSA) is 155 Å². The number of para-hydroxylation sites is 2. The van der Waals surface area contributed by atoms with Crippen molar-refractivity contribution < 1.29 is 0 Å². The van der Waals surface area contributed by atoms with Gasteiger partial charge in [0.15, 0.2) is 0 Å².